The maximum atomic E-state index is 12.7. The number of carbonyl (C=O) groups is 1. The average Bonchev–Trinajstić information content (AvgIpc) is 2.81. The van der Waals surface area contributed by atoms with Gasteiger partial charge in [-0.15, -0.1) is 24.0 Å². The molecule has 2 rings (SSSR count). The van der Waals surface area contributed by atoms with Crippen LogP contribution in [0.5, 0.6) is 11.5 Å². The lowest BCUT2D eigenvalue weighted by atomic mass is 10.1. The second kappa shape index (κ2) is 15.3. The van der Waals surface area contributed by atoms with Crippen LogP contribution in [0.3, 0.4) is 0 Å². The van der Waals surface area contributed by atoms with Gasteiger partial charge in [0, 0.05) is 26.2 Å². The van der Waals surface area contributed by atoms with Gasteiger partial charge in [-0.25, -0.2) is 4.99 Å². The molecular formula is C24H35IN4O3. The quantitative estimate of drug-likeness (QED) is 0.253. The van der Waals surface area contributed by atoms with Gasteiger partial charge < -0.3 is 25.0 Å². The van der Waals surface area contributed by atoms with E-state index in [0.29, 0.717) is 37.1 Å². The number of nitrogens with zero attached hydrogens (tertiary/aromatic N) is 2. The van der Waals surface area contributed by atoms with Gasteiger partial charge in [0.2, 0.25) is 5.91 Å². The number of ether oxygens (including phenoxy) is 2. The maximum absolute atomic E-state index is 12.7. The van der Waals surface area contributed by atoms with Gasteiger partial charge in [0.25, 0.3) is 0 Å². The highest BCUT2D eigenvalue weighted by molar-refractivity contribution is 14.0. The number of amides is 1. The Balaban J connectivity index is 0.00000512. The van der Waals surface area contributed by atoms with Gasteiger partial charge in [-0.2, -0.15) is 0 Å². The van der Waals surface area contributed by atoms with E-state index in [9.17, 15) is 4.79 Å². The van der Waals surface area contributed by atoms with E-state index in [2.05, 4.69) is 15.6 Å². The Kier molecular flexibility index (Phi) is 13.2. The van der Waals surface area contributed by atoms with Gasteiger partial charge in [0.05, 0.1) is 14.2 Å². The number of halogens is 1. The van der Waals surface area contributed by atoms with E-state index >= 15 is 0 Å². The predicted octanol–water partition coefficient (Wildman–Crippen LogP) is 3.47. The number of carbonyl (C=O) groups excluding carboxylic acids is 1. The van der Waals surface area contributed by atoms with Crippen LogP contribution >= 0.6 is 24.0 Å². The highest BCUT2D eigenvalue weighted by atomic mass is 127. The minimum absolute atomic E-state index is 0. The fraction of sp³-hybridized carbons (Fsp3) is 0.417. The Bertz CT molecular complexity index is 846. The molecule has 0 heterocycles. The molecule has 176 valence electrons. The first-order valence-corrected chi connectivity index (χ1v) is 10.7. The second-order valence-electron chi connectivity index (χ2n) is 6.95. The standard InChI is InChI=1S/C24H34N4O3.HI/c1-5-25-24(26-15-14-19-12-13-21(30-3)22(16-19)31-4)27-17-23(29)28(6-2)18-20-10-8-7-9-11-20;/h7-13,16H,5-6,14-15,17-18H2,1-4H3,(H2,25,26,27);1H. The normalized spacial score (nSPS) is 10.7. The molecule has 1 amide bonds. The SMILES string of the molecule is CCNC(=NCC(=O)N(CC)Cc1ccccc1)NCCc1ccc(OC)c(OC)c1.I. The van der Waals surface area contributed by atoms with Gasteiger partial charge in [0.15, 0.2) is 17.5 Å². The molecule has 32 heavy (non-hydrogen) atoms. The molecule has 0 saturated carbocycles. The molecule has 8 heteroatoms. The number of nitrogens with one attached hydrogen (secondary N) is 2. The van der Waals surface area contributed by atoms with Crippen molar-refractivity contribution < 1.29 is 14.3 Å². The number of methoxy groups -OCH3 is 2. The van der Waals surface area contributed by atoms with Gasteiger partial charge in [-0.3, -0.25) is 4.79 Å². The van der Waals surface area contributed by atoms with Crippen LogP contribution in [0.1, 0.15) is 25.0 Å². The van der Waals surface area contributed by atoms with Gasteiger partial charge in [-0.05, 0) is 43.5 Å². The number of benzene rings is 2. The zero-order valence-corrected chi connectivity index (χ0v) is 21.7. The molecule has 2 aromatic rings. The molecule has 7 nitrogen and oxygen atoms in total. The summed E-state index contributed by atoms with van der Waals surface area (Å²) in [4.78, 5) is 18.9. The molecule has 0 aliphatic carbocycles. The number of likely N-dealkylation sites (N-methyl/N-ethyl adjacent to an activating group) is 1. The van der Waals surface area contributed by atoms with E-state index in [0.717, 1.165) is 24.1 Å². The minimum atomic E-state index is 0. The molecule has 0 bridgehead atoms. The van der Waals surface area contributed by atoms with Gasteiger partial charge >= 0.3 is 0 Å². The number of aliphatic imine (C=N–C) groups is 1. The fourth-order valence-electron chi connectivity index (χ4n) is 3.13. The molecule has 0 unspecified atom stereocenters. The summed E-state index contributed by atoms with van der Waals surface area (Å²) >= 11 is 0. The number of guanidine groups is 1. The van der Waals surface area contributed by atoms with Crippen molar-refractivity contribution in [2.45, 2.75) is 26.8 Å². The van der Waals surface area contributed by atoms with E-state index in [1.807, 2.05) is 67.3 Å². The van der Waals surface area contributed by atoms with E-state index < -0.39 is 0 Å². The van der Waals surface area contributed by atoms with Crippen LogP contribution in [-0.4, -0.2) is 57.2 Å². The Hall–Kier alpha value is -2.49. The van der Waals surface area contributed by atoms with Crippen LogP contribution in [0.4, 0.5) is 0 Å². The Labute approximate surface area is 208 Å². The van der Waals surface area contributed by atoms with Crippen LogP contribution in [-0.2, 0) is 17.8 Å². The number of rotatable bonds is 11. The smallest absolute Gasteiger partial charge is 0.244 e. The van der Waals surface area contributed by atoms with Crippen LogP contribution in [0.25, 0.3) is 0 Å². The first kappa shape index (κ1) is 27.5. The summed E-state index contributed by atoms with van der Waals surface area (Å²) in [7, 11) is 3.25. The molecule has 0 spiro atoms. The summed E-state index contributed by atoms with van der Waals surface area (Å²) in [5, 5.41) is 6.49. The highest BCUT2D eigenvalue weighted by Crippen LogP contribution is 2.27. The predicted molar refractivity (Wildman–Crippen MR) is 140 cm³/mol. The van der Waals surface area contributed by atoms with E-state index in [-0.39, 0.29) is 36.4 Å². The zero-order valence-electron chi connectivity index (χ0n) is 19.4. The fourth-order valence-corrected chi connectivity index (χ4v) is 3.13. The third kappa shape index (κ3) is 8.94. The summed E-state index contributed by atoms with van der Waals surface area (Å²) in [6.45, 7) is 6.72. The Morgan fingerprint density at radius 1 is 0.969 bits per heavy atom. The summed E-state index contributed by atoms with van der Waals surface area (Å²) < 4.78 is 10.6. The van der Waals surface area contributed by atoms with Crippen molar-refractivity contribution in [3.05, 3.63) is 59.7 Å². The lowest BCUT2D eigenvalue weighted by Crippen LogP contribution is -2.40. The summed E-state index contributed by atoms with van der Waals surface area (Å²) in [6.07, 6.45) is 0.786. The van der Waals surface area contributed by atoms with Crippen molar-refractivity contribution in [2.75, 3.05) is 40.4 Å². The lowest BCUT2D eigenvalue weighted by molar-refractivity contribution is -0.130. The number of hydrogen-bond donors (Lipinski definition) is 2. The first-order chi connectivity index (χ1) is 15.1. The van der Waals surface area contributed by atoms with Crippen molar-refractivity contribution in [3.8, 4) is 11.5 Å². The van der Waals surface area contributed by atoms with E-state index in [1.165, 1.54) is 0 Å². The molecule has 2 aromatic carbocycles. The van der Waals surface area contributed by atoms with Gasteiger partial charge in [-0.1, -0.05) is 36.4 Å². The lowest BCUT2D eigenvalue weighted by Gasteiger charge is -2.20. The third-order valence-corrected chi connectivity index (χ3v) is 4.82. The van der Waals surface area contributed by atoms with Gasteiger partial charge in [0.1, 0.15) is 6.54 Å². The summed E-state index contributed by atoms with van der Waals surface area (Å²) in [5.41, 5.74) is 2.23. The zero-order chi connectivity index (χ0) is 22.5. The molecule has 0 aromatic heterocycles. The van der Waals surface area contributed by atoms with E-state index in [1.54, 1.807) is 14.2 Å². The van der Waals surface area contributed by atoms with Crippen molar-refractivity contribution in [1.29, 1.82) is 0 Å². The average molecular weight is 554 g/mol. The van der Waals surface area contributed by atoms with Crippen LogP contribution in [0, 0.1) is 0 Å². The molecule has 0 radical (unpaired) electrons. The van der Waals surface area contributed by atoms with Crippen LogP contribution in [0.2, 0.25) is 0 Å². The Morgan fingerprint density at radius 3 is 2.31 bits per heavy atom. The summed E-state index contributed by atoms with van der Waals surface area (Å²) in [6, 6.07) is 15.9. The highest BCUT2D eigenvalue weighted by Gasteiger charge is 2.12. The monoisotopic (exact) mass is 554 g/mol. The van der Waals surface area contributed by atoms with Crippen LogP contribution in [0.15, 0.2) is 53.5 Å². The van der Waals surface area contributed by atoms with Crippen molar-refractivity contribution in [1.82, 2.24) is 15.5 Å². The molecule has 0 aliphatic heterocycles. The van der Waals surface area contributed by atoms with Crippen molar-refractivity contribution >= 4 is 35.8 Å². The minimum Gasteiger partial charge on any atom is -0.493 e. The Morgan fingerprint density at radius 2 is 1.69 bits per heavy atom. The number of hydrogen-bond acceptors (Lipinski definition) is 4. The first-order valence-electron chi connectivity index (χ1n) is 10.7. The van der Waals surface area contributed by atoms with Crippen LogP contribution < -0.4 is 20.1 Å². The van der Waals surface area contributed by atoms with Crippen molar-refractivity contribution in [2.24, 2.45) is 4.99 Å². The molecule has 2 N–H and O–H groups in total. The second-order valence-corrected chi connectivity index (χ2v) is 6.95. The topological polar surface area (TPSA) is 75.2 Å². The van der Waals surface area contributed by atoms with E-state index in [4.69, 9.17) is 9.47 Å². The third-order valence-electron chi connectivity index (χ3n) is 4.82. The molecule has 0 saturated heterocycles. The maximum Gasteiger partial charge on any atom is 0.244 e. The molecular weight excluding hydrogens is 519 g/mol. The summed E-state index contributed by atoms with van der Waals surface area (Å²) in [5.74, 6) is 2.06. The largest absolute Gasteiger partial charge is 0.493 e. The van der Waals surface area contributed by atoms with Crippen molar-refractivity contribution in [3.63, 3.8) is 0 Å². The molecule has 0 aliphatic rings. The molecule has 0 atom stereocenters. The molecule has 0 fully saturated rings.